The van der Waals surface area contributed by atoms with Crippen LogP contribution in [-0.4, -0.2) is 9.97 Å². The molecule has 1 aromatic carbocycles. The largest absolute Gasteiger partial charge is 0.237 e. The standard InChI is InChI=1S/C12H12N2/c1-9-5-3-4-6-11(9)12-13-8-7-10(2)14-12/h3-8H,1-2H3. The van der Waals surface area contributed by atoms with Crippen molar-refractivity contribution < 1.29 is 0 Å². The van der Waals surface area contributed by atoms with Gasteiger partial charge in [0.25, 0.3) is 0 Å². The van der Waals surface area contributed by atoms with E-state index >= 15 is 0 Å². The molecule has 2 rings (SSSR count). The number of benzene rings is 1. The first-order chi connectivity index (χ1) is 6.77. The minimum absolute atomic E-state index is 0.808. The molecule has 0 fully saturated rings. The third-order valence-corrected chi connectivity index (χ3v) is 2.18. The Labute approximate surface area is 83.7 Å². The third-order valence-electron chi connectivity index (χ3n) is 2.18. The van der Waals surface area contributed by atoms with Crippen molar-refractivity contribution >= 4 is 0 Å². The third kappa shape index (κ3) is 1.64. The first-order valence-electron chi connectivity index (χ1n) is 4.63. The molecule has 0 saturated heterocycles. The summed E-state index contributed by atoms with van der Waals surface area (Å²) in [6, 6.07) is 10.1. The fraction of sp³-hybridized carbons (Fsp3) is 0.167. The van der Waals surface area contributed by atoms with Crippen molar-refractivity contribution in [2.75, 3.05) is 0 Å². The summed E-state index contributed by atoms with van der Waals surface area (Å²) in [7, 11) is 0. The highest BCUT2D eigenvalue weighted by atomic mass is 14.9. The molecule has 0 aliphatic carbocycles. The van der Waals surface area contributed by atoms with Crippen molar-refractivity contribution in [3.63, 3.8) is 0 Å². The molecular weight excluding hydrogens is 172 g/mol. The van der Waals surface area contributed by atoms with Crippen LogP contribution in [0.5, 0.6) is 0 Å². The molecule has 14 heavy (non-hydrogen) atoms. The molecule has 0 spiro atoms. The second kappa shape index (κ2) is 3.58. The van der Waals surface area contributed by atoms with Crippen LogP contribution in [0, 0.1) is 13.8 Å². The normalized spacial score (nSPS) is 10.1. The summed E-state index contributed by atoms with van der Waals surface area (Å²) in [5, 5.41) is 0. The van der Waals surface area contributed by atoms with Crippen LogP contribution in [0.15, 0.2) is 36.5 Å². The average molecular weight is 184 g/mol. The Bertz CT molecular complexity index is 450. The Hall–Kier alpha value is -1.70. The Morgan fingerprint density at radius 3 is 2.50 bits per heavy atom. The minimum atomic E-state index is 0.808. The Kier molecular flexibility index (Phi) is 2.27. The average Bonchev–Trinajstić information content (AvgIpc) is 2.18. The predicted molar refractivity (Wildman–Crippen MR) is 56.9 cm³/mol. The summed E-state index contributed by atoms with van der Waals surface area (Å²) in [4.78, 5) is 8.65. The lowest BCUT2D eigenvalue weighted by molar-refractivity contribution is 1.11. The second-order valence-electron chi connectivity index (χ2n) is 3.34. The lowest BCUT2D eigenvalue weighted by Gasteiger charge is -2.03. The minimum Gasteiger partial charge on any atom is -0.237 e. The first kappa shape index (κ1) is 8.88. The molecular formula is C12H12N2. The van der Waals surface area contributed by atoms with E-state index in [0.29, 0.717) is 0 Å². The van der Waals surface area contributed by atoms with Crippen LogP contribution in [-0.2, 0) is 0 Å². The van der Waals surface area contributed by atoms with Gasteiger partial charge in [0.15, 0.2) is 5.82 Å². The maximum absolute atomic E-state index is 4.39. The summed E-state index contributed by atoms with van der Waals surface area (Å²) in [6.45, 7) is 4.05. The van der Waals surface area contributed by atoms with Gasteiger partial charge in [0.2, 0.25) is 0 Å². The van der Waals surface area contributed by atoms with Gasteiger partial charge in [-0.3, -0.25) is 0 Å². The SMILES string of the molecule is Cc1ccnc(-c2ccccc2C)n1. The highest BCUT2D eigenvalue weighted by Gasteiger charge is 2.02. The fourth-order valence-electron chi connectivity index (χ4n) is 1.40. The highest BCUT2D eigenvalue weighted by Crippen LogP contribution is 2.18. The van der Waals surface area contributed by atoms with Gasteiger partial charge in [0, 0.05) is 17.5 Å². The lowest BCUT2D eigenvalue weighted by Crippen LogP contribution is -1.92. The molecule has 0 N–H and O–H groups in total. The van der Waals surface area contributed by atoms with Crippen molar-refractivity contribution in [2.45, 2.75) is 13.8 Å². The quantitative estimate of drug-likeness (QED) is 0.681. The molecule has 1 heterocycles. The van der Waals surface area contributed by atoms with Gasteiger partial charge in [-0.1, -0.05) is 24.3 Å². The first-order valence-corrected chi connectivity index (χ1v) is 4.63. The van der Waals surface area contributed by atoms with Crippen LogP contribution in [0.4, 0.5) is 0 Å². The number of nitrogens with zero attached hydrogens (tertiary/aromatic N) is 2. The van der Waals surface area contributed by atoms with E-state index in [1.54, 1.807) is 6.20 Å². The zero-order chi connectivity index (χ0) is 9.97. The summed E-state index contributed by atoms with van der Waals surface area (Å²) in [5.74, 6) is 0.808. The molecule has 0 saturated carbocycles. The van der Waals surface area contributed by atoms with Gasteiger partial charge in [-0.2, -0.15) is 0 Å². The van der Waals surface area contributed by atoms with Gasteiger partial charge >= 0.3 is 0 Å². The van der Waals surface area contributed by atoms with Gasteiger partial charge in [0.05, 0.1) is 0 Å². The van der Waals surface area contributed by atoms with Crippen LogP contribution in [0.2, 0.25) is 0 Å². The van der Waals surface area contributed by atoms with Gasteiger partial charge < -0.3 is 0 Å². The Morgan fingerprint density at radius 2 is 1.79 bits per heavy atom. The predicted octanol–water partition coefficient (Wildman–Crippen LogP) is 2.76. The molecule has 0 aliphatic heterocycles. The highest BCUT2D eigenvalue weighted by molar-refractivity contribution is 5.59. The van der Waals surface area contributed by atoms with Crippen LogP contribution >= 0.6 is 0 Å². The van der Waals surface area contributed by atoms with Gasteiger partial charge in [-0.15, -0.1) is 0 Å². The van der Waals surface area contributed by atoms with E-state index in [4.69, 9.17) is 0 Å². The van der Waals surface area contributed by atoms with E-state index in [2.05, 4.69) is 23.0 Å². The molecule has 0 amide bonds. The fourth-order valence-corrected chi connectivity index (χ4v) is 1.40. The van der Waals surface area contributed by atoms with E-state index in [-0.39, 0.29) is 0 Å². The van der Waals surface area contributed by atoms with E-state index in [1.807, 2.05) is 31.2 Å². The Morgan fingerprint density at radius 1 is 1.00 bits per heavy atom. The molecule has 70 valence electrons. The van der Waals surface area contributed by atoms with E-state index in [0.717, 1.165) is 17.1 Å². The summed E-state index contributed by atoms with van der Waals surface area (Å²) >= 11 is 0. The molecule has 2 aromatic rings. The molecule has 2 heteroatoms. The van der Waals surface area contributed by atoms with E-state index < -0.39 is 0 Å². The van der Waals surface area contributed by atoms with Crippen LogP contribution < -0.4 is 0 Å². The molecule has 1 aromatic heterocycles. The summed E-state index contributed by atoms with van der Waals surface area (Å²) < 4.78 is 0. The topological polar surface area (TPSA) is 25.8 Å². The second-order valence-corrected chi connectivity index (χ2v) is 3.34. The number of rotatable bonds is 1. The Balaban J connectivity index is 2.55. The van der Waals surface area contributed by atoms with Gasteiger partial charge in [-0.25, -0.2) is 9.97 Å². The van der Waals surface area contributed by atoms with Crippen molar-refractivity contribution in [2.24, 2.45) is 0 Å². The molecule has 0 unspecified atom stereocenters. The maximum Gasteiger partial charge on any atom is 0.159 e. The number of aromatic nitrogens is 2. The van der Waals surface area contributed by atoms with Crippen molar-refractivity contribution in [1.82, 2.24) is 9.97 Å². The van der Waals surface area contributed by atoms with Gasteiger partial charge in [-0.05, 0) is 25.5 Å². The maximum atomic E-state index is 4.39. The lowest BCUT2D eigenvalue weighted by atomic mass is 10.1. The number of hydrogen-bond donors (Lipinski definition) is 0. The molecule has 0 aliphatic rings. The van der Waals surface area contributed by atoms with E-state index in [1.165, 1.54) is 5.56 Å². The van der Waals surface area contributed by atoms with Crippen LogP contribution in [0.25, 0.3) is 11.4 Å². The molecule has 2 nitrogen and oxygen atoms in total. The zero-order valence-electron chi connectivity index (χ0n) is 8.36. The van der Waals surface area contributed by atoms with E-state index in [9.17, 15) is 0 Å². The smallest absolute Gasteiger partial charge is 0.159 e. The molecule has 0 radical (unpaired) electrons. The van der Waals surface area contributed by atoms with Crippen LogP contribution in [0.3, 0.4) is 0 Å². The molecule has 0 bridgehead atoms. The van der Waals surface area contributed by atoms with Gasteiger partial charge in [0.1, 0.15) is 0 Å². The zero-order valence-corrected chi connectivity index (χ0v) is 8.36. The number of aryl methyl sites for hydroxylation is 2. The van der Waals surface area contributed by atoms with Crippen molar-refractivity contribution in [3.8, 4) is 11.4 Å². The number of hydrogen-bond acceptors (Lipinski definition) is 2. The van der Waals surface area contributed by atoms with Crippen LogP contribution in [0.1, 0.15) is 11.3 Å². The summed E-state index contributed by atoms with van der Waals surface area (Å²) in [6.07, 6.45) is 1.80. The van der Waals surface area contributed by atoms with Crippen molar-refractivity contribution in [1.29, 1.82) is 0 Å². The van der Waals surface area contributed by atoms with Crippen molar-refractivity contribution in [3.05, 3.63) is 47.8 Å². The summed E-state index contributed by atoms with van der Waals surface area (Å²) in [5.41, 5.74) is 3.31. The monoisotopic (exact) mass is 184 g/mol. The molecule has 0 atom stereocenters.